The third-order valence-corrected chi connectivity index (χ3v) is 5.41. The number of hydrogen-bond donors (Lipinski definition) is 2. The van der Waals surface area contributed by atoms with Crippen LogP contribution in [0, 0.1) is 5.82 Å². The number of halogens is 3. The van der Waals surface area contributed by atoms with E-state index in [-0.39, 0.29) is 61.9 Å². The number of nitrogens with one attached hydrogen (secondary N) is 2. The Morgan fingerprint density at radius 3 is 2.71 bits per heavy atom. The van der Waals surface area contributed by atoms with Gasteiger partial charge < -0.3 is 20.3 Å². The third kappa shape index (κ3) is 4.87. The molecule has 28 heavy (non-hydrogen) atoms. The Kier molecular flexibility index (Phi) is 6.32. The first-order valence-corrected chi connectivity index (χ1v) is 9.65. The molecule has 1 unspecified atom stereocenters. The summed E-state index contributed by atoms with van der Waals surface area (Å²) in [6, 6.07) is 0.825. The molecular weight excluding hydrogens is 373 g/mol. The van der Waals surface area contributed by atoms with Crippen LogP contribution in [0.15, 0.2) is 6.07 Å². The number of carbonyl (C=O) groups excluding carboxylic acids is 1. The molecule has 0 spiro atoms. The number of hydrogen-bond acceptors (Lipinski definition) is 5. The zero-order valence-electron chi connectivity index (χ0n) is 16.2. The molecule has 156 valence electrons. The van der Waals surface area contributed by atoms with Crippen molar-refractivity contribution in [3.8, 4) is 5.88 Å². The van der Waals surface area contributed by atoms with Gasteiger partial charge in [-0.1, -0.05) is 0 Å². The Labute approximate surface area is 162 Å². The molecule has 1 aliphatic carbocycles. The van der Waals surface area contributed by atoms with E-state index in [9.17, 15) is 18.0 Å². The number of alkyl halides is 2. The van der Waals surface area contributed by atoms with E-state index in [0.29, 0.717) is 5.56 Å². The largest absolute Gasteiger partial charge is 0.481 e. The lowest BCUT2D eigenvalue weighted by Gasteiger charge is -2.29. The summed E-state index contributed by atoms with van der Waals surface area (Å²) < 4.78 is 46.4. The number of amides is 1. The summed E-state index contributed by atoms with van der Waals surface area (Å²) in [6.07, 6.45) is 1.81. The van der Waals surface area contributed by atoms with E-state index < -0.39 is 11.7 Å². The number of anilines is 1. The Hall–Kier alpha value is -2.03. The SMILES string of the molecule is COc1nc(NC2CCC(F)(F)CC2)c(F)cc1CN(C)C(=O)C1CCCN1. The molecule has 2 N–H and O–H groups in total. The van der Waals surface area contributed by atoms with Gasteiger partial charge in [0.15, 0.2) is 11.6 Å². The second-order valence-electron chi connectivity index (χ2n) is 7.61. The molecule has 1 atom stereocenters. The third-order valence-electron chi connectivity index (χ3n) is 5.41. The Bertz CT molecular complexity index is 701. The van der Waals surface area contributed by atoms with Crippen molar-refractivity contribution in [1.82, 2.24) is 15.2 Å². The van der Waals surface area contributed by atoms with Crippen LogP contribution in [0.5, 0.6) is 5.88 Å². The number of aromatic nitrogens is 1. The van der Waals surface area contributed by atoms with Crippen LogP contribution < -0.4 is 15.4 Å². The lowest BCUT2D eigenvalue weighted by Crippen LogP contribution is -2.41. The van der Waals surface area contributed by atoms with E-state index in [1.165, 1.54) is 18.1 Å². The normalized spacial score (nSPS) is 22.1. The molecule has 1 aromatic rings. The van der Waals surface area contributed by atoms with Crippen molar-refractivity contribution < 1.29 is 22.7 Å². The van der Waals surface area contributed by atoms with E-state index in [4.69, 9.17) is 4.74 Å². The van der Waals surface area contributed by atoms with Crippen LogP contribution in [-0.2, 0) is 11.3 Å². The number of methoxy groups -OCH3 is 1. The van der Waals surface area contributed by atoms with Gasteiger partial charge in [-0.3, -0.25) is 4.79 Å². The van der Waals surface area contributed by atoms with Crippen molar-refractivity contribution in [3.63, 3.8) is 0 Å². The van der Waals surface area contributed by atoms with Gasteiger partial charge in [0.05, 0.1) is 19.7 Å². The predicted octanol–water partition coefficient (Wildman–Crippen LogP) is 2.93. The van der Waals surface area contributed by atoms with Crippen LogP contribution in [0.1, 0.15) is 44.1 Å². The second-order valence-corrected chi connectivity index (χ2v) is 7.61. The van der Waals surface area contributed by atoms with Crippen LogP contribution in [0.2, 0.25) is 0 Å². The average molecular weight is 400 g/mol. The van der Waals surface area contributed by atoms with Crippen LogP contribution in [0.25, 0.3) is 0 Å². The van der Waals surface area contributed by atoms with E-state index >= 15 is 0 Å². The molecule has 0 bridgehead atoms. The molecule has 1 saturated carbocycles. The summed E-state index contributed by atoms with van der Waals surface area (Å²) in [7, 11) is 3.09. The molecule has 6 nitrogen and oxygen atoms in total. The molecule has 3 rings (SSSR count). The second kappa shape index (κ2) is 8.55. The maximum Gasteiger partial charge on any atom is 0.248 e. The zero-order valence-corrected chi connectivity index (χ0v) is 16.2. The van der Waals surface area contributed by atoms with Crippen molar-refractivity contribution >= 4 is 11.7 Å². The monoisotopic (exact) mass is 400 g/mol. The highest BCUT2D eigenvalue weighted by molar-refractivity contribution is 5.82. The number of ether oxygens (including phenoxy) is 1. The van der Waals surface area contributed by atoms with Gasteiger partial charge in [0.1, 0.15) is 0 Å². The molecule has 9 heteroatoms. The molecule has 1 saturated heterocycles. The molecule has 0 radical (unpaired) electrons. The number of rotatable bonds is 6. The molecule has 2 aliphatic rings. The van der Waals surface area contributed by atoms with Crippen molar-refractivity contribution in [2.75, 3.05) is 26.0 Å². The van der Waals surface area contributed by atoms with Crippen LogP contribution >= 0.6 is 0 Å². The highest BCUT2D eigenvalue weighted by Gasteiger charge is 2.35. The molecule has 1 amide bonds. The van der Waals surface area contributed by atoms with Crippen LogP contribution in [0.4, 0.5) is 19.0 Å². The standard InChI is InChI=1S/C19H27F3N4O2/c1-26(18(27)15-4-3-9-23-15)11-12-10-14(20)16(25-17(12)28-2)24-13-5-7-19(21,22)8-6-13/h10,13,15,23H,3-9,11H2,1-2H3,(H,24,25). The summed E-state index contributed by atoms with van der Waals surface area (Å²) in [5, 5.41) is 6.07. The quantitative estimate of drug-likeness (QED) is 0.769. The molecule has 2 fully saturated rings. The van der Waals surface area contributed by atoms with E-state index in [1.54, 1.807) is 7.05 Å². The van der Waals surface area contributed by atoms with Gasteiger partial charge in [0.2, 0.25) is 17.7 Å². The molecule has 1 aliphatic heterocycles. The fourth-order valence-corrected chi connectivity index (χ4v) is 3.77. The first kappa shape index (κ1) is 20.7. The maximum atomic E-state index is 14.6. The van der Waals surface area contributed by atoms with Gasteiger partial charge in [-0.15, -0.1) is 0 Å². The van der Waals surface area contributed by atoms with Crippen molar-refractivity contribution in [3.05, 3.63) is 17.4 Å². The maximum absolute atomic E-state index is 14.6. The van der Waals surface area contributed by atoms with Gasteiger partial charge >= 0.3 is 0 Å². The molecule has 1 aromatic heterocycles. The first-order valence-electron chi connectivity index (χ1n) is 9.65. The average Bonchev–Trinajstić information content (AvgIpc) is 3.19. The first-order chi connectivity index (χ1) is 13.3. The lowest BCUT2D eigenvalue weighted by molar-refractivity contribution is -0.132. The van der Waals surface area contributed by atoms with Crippen molar-refractivity contribution in [1.29, 1.82) is 0 Å². The van der Waals surface area contributed by atoms with E-state index in [1.807, 2.05) is 0 Å². The molecule has 0 aromatic carbocycles. The van der Waals surface area contributed by atoms with Gasteiger partial charge in [0, 0.05) is 31.5 Å². The minimum Gasteiger partial charge on any atom is -0.481 e. The zero-order chi connectivity index (χ0) is 20.3. The highest BCUT2D eigenvalue weighted by atomic mass is 19.3. The Morgan fingerprint density at radius 2 is 2.11 bits per heavy atom. The van der Waals surface area contributed by atoms with Gasteiger partial charge in [-0.25, -0.2) is 13.2 Å². The summed E-state index contributed by atoms with van der Waals surface area (Å²) in [4.78, 5) is 18.2. The Morgan fingerprint density at radius 1 is 1.39 bits per heavy atom. The number of nitrogens with zero attached hydrogens (tertiary/aromatic N) is 2. The van der Waals surface area contributed by atoms with Crippen LogP contribution in [0.3, 0.4) is 0 Å². The van der Waals surface area contributed by atoms with Gasteiger partial charge in [-0.2, -0.15) is 4.98 Å². The fraction of sp³-hybridized carbons (Fsp3) is 0.684. The summed E-state index contributed by atoms with van der Waals surface area (Å²) >= 11 is 0. The van der Waals surface area contributed by atoms with Gasteiger partial charge in [-0.05, 0) is 38.3 Å². The minimum absolute atomic E-state index is 0.0118. The van der Waals surface area contributed by atoms with Gasteiger partial charge in [0.25, 0.3) is 0 Å². The summed E-state index contributed by atoms with van der Waals surface area (Å²) in [5.74, 6) is -3.08. The van der Waals surface area contributed by atoms with Crippen molar-refractivity contribution in [2.45, 2.75) is 63.1 Å². The molecule has 2 heterocycles. The van der Waals surface area contributed by atoms with Crippen molar-refractivity contribution in [2.24, 2.45) is 0 Å². The molecular formula is C19H27F3N4O2. The predicted molar refractivity (Wildman–Crippen MR) is 99.1 cm³/mol. The highest BCUT2D eigenvalue weighted by Crippen LogP contribution is 2.34. The summed E-state index contributed by atoms with van der Waals surface area (Å²) in [6.45, 7) is 0.983. The number of pyridine rings is 1. The summed E-state index contributed by atoms with van der Waals surface area (Å²) in [5.41, 5.74) is 0.453. The van der Waals surface area contributed by atoms with E-state index in [0.717, 1.165) is 19.4 Å². The topological polar surface area (TPSA) is 66.5 Å². The number of carbonyl (C=O) groups is 1. The Balaban J connectivity index is 1.68. The fourth-order valence-electron chi connectivity index (χ4n) is 3.77. The lowest BCUT2D eigenvalue weighted by atomic mass is 9.92. The number of likely N-dealkylation sites (N-methyl/N-ethyl adjacent to an activating group) is 1. The minimum atomic E-state index is -2.64. The smallest absolute Gasteiger partial charge is 0.248 e. The van der Waals surface area contributed by atoms with E-state index in [2.05, 4.69) is 15.6 Å². The van der Waals surface area contributed by atoms with Crippen LogP contribution in [-0.4, -0.2) is 54.5 Å².